The van der Waals surface area contributed by atoms with Crippen LogP contribution < -0.4 is 5.32 Å². The van der Waals surface area contributed by atoms with Gasteiger partial charge in [0.2, 0.25) is 0 Å². The Bertz CT molecular complexity index is 302. The summed E-state index contributed by atoms with van der Waals surface area (Å²) >= 11 is 0. The highest BCUT2D eigenvalue weighted by Crippen LogP contribution is 2.34. The van der Waals surface area contributed by atoms with Gasteiger partial charge in [-0.2, -0.15) is 0 Å². The topological polar surface area (TPSA) is 12.0 Å². The second-order valence-electron chi connectivity index (χ2n) is 3.96. The number of nitrogens with one attached hydrogen (secondary N) is 1. The van der Waals surface area contributed by atoms with Crippen molar-refractivity contribution in [3.63, 3.8) is 0 Å². The Balaban J connectivity index is 2.29. The lowest BCUT2D eigenvalue weighted by molar-refractivity contribution is 0.661. The summed E-state index contributed by atoms with van der Waals surface area (Å²) in [5.41, 5.74) is 4.26. The molecule has 1 heteroatoms. The average molecular weight is 175 g/mol. The Morgan fingerprint density at radius 1 is 1.46 bits per heavy atom. The molecule has 2 rings (SSSR count). The second kappa shape index (κ2) is 3.41. The number of rotatable bonds is 2. The Morgan fingerprint density at radius 2 is 2.31 bits per heavy atom. The van der Waals surface area contributed by atoms with E-state index in [0.717, 1.165) is 12.5 Å². The summed E-state index contributed by atoms with van der Waals surface area (Å²) in [4.78, 5) is 0. The van der Waals surface area contributed by atoms with Gasteiger partial charge in [0, 0.05) is 18.2 Å². The van der Waals surface area contributed by atoms with E-state index < -0.39 is 0 Å². The zero-order valence-electron chi connectivity index (χ0n) is 8.43. The van der Waals surface area contributed by atoms with Gasteiger partial charge in [-0.3, -0.25) is 0 Å². The van der Waals surface area contributed by atoms with E-state index in [1.807, 2.05) is 0 Å². The molecule has 1 aliphatic heterocycles. The molecule has 1 nitrogen and oxygen atoms in total. The summed E-state index contributed by atoms with van der Waals surface area (Å²) in [5.74, 6) is 0.750. The molecule has 0 fully saturated rings. The molecule has 0 saturated carbocycles. The molecule has 1 aromatic rings. The van der Waals surface area contributed by atoms with Crippen LogP contribution in [0.3, 0.4) is 0 Å². The largest absolute Gasteiger partial charge is 0.384 e. The van der Waals surface area contributed by atoms with E-state index >= 15 is 0 Å². The summed E-state index contributed by atoms with van der Waals surface area (Å²) in [6, 6.07) is 6.72. The summed E-state index contributed by atoms with van der Waals surface area (Å²) in [7, 11) is 0. The van der Waals surface area contributed by atoms with Gasteiger partial charge >= 0.3 is 0 Å². The molecule has 1 aliphatic rings. The van der Waals surface area contributed by atoms with Gasteiger partial charge in [-0.1, -0.05) is 31.0 Å². The van der Waals surface area contributed by atoms with Crippen molar-refractivity contribution in [3.8, 4) is 0 Å². The molecule has 1 atom stereocenters. The van der Waals surface area contributed by atoms with Gasteiger partial charge in [-0.05, 0) is 25.0 Å². The van der Waals surface area contributed by atoms with Crippen LogP contribution in [0.5, 0.6) is 0 Å². The summed E-state index contributed by atoms with van der Waals surface area (Å²) < 4.78 is 0. The minimum Gasteiger partial charge on any atom is -0.384 e. The van der Waals surface area contributed by atoms with Crippen LogP contribution in [-0.2, 0) is 0 Å². The van der Waals surface area contributed by atoms with Gasteiger partial charge in [-0.15, -0.1) is 0 Å². The maximum Gasteiger partial charge on any atom is 0.0376 e. The zero-order chi connectivity index (χ0) is 9.26. The van der Waals surface area contributed by atoms with Gasteiger partial charge in [0.05, 0.1) is 0 Å². The van der Waals surface area contributed by atoms with Gasteiger partial charge < -0.3 is 5.32 Å². The smallest absolute Gasteiger partial charge is 0.0376 e. The molecule has 13 heavy (non-hydrogen) atoms. The van der Waals surface area contributed by atoms with Crippen LogP contribution in [0.15, 0.2) is 18.2 Å². The normalized spacial score (nSPS) is 19.7. The fourth-order valence-electron chi connectivity index (χ4n) is 2.13. The van der Waals surface area contributed by atoms with Crippen LogP contribution in [0.25, 0.3) is 0 Å². The third-order valence-corrected chi connectivity index (χ3v) is 2.82. The van der Waals surface area contributed by atoms with Crippen molar-refractivity contribution in [1.82, 2.24) is 0 Å². The fourth-order valence-corrected chi connectivity index (χ4v) is 2.13. The van der Waals surface area contributed by atoms with Crippen LogP contribution in [0, 0.1) is 6.92 Å². The van der Waals surface area contributed by atoms with Crippen molar-refractivity contribution < 1.29 is 0 Å². The molecular weight excluding hydrogens is 158 g/mol. The molecule has 0 radical (unpaired) electrons. The minimum absolute atomic E-state index is 0.750. The molecular formula is C12H17N. The summed E-state index contributed by atoms with van der Waals surface area (Å²) in [6.07, 6.45) is 2.59. The molecule has 1 N–H and O–H groups in total. The highest BCUT2D eigenvalue weighted by molar-refractivity contribution is 5.58. The molecule has 1 heterocycles. The highest BCUT2D eigenvalue weighted by Gasteiger charge is 2.20. The van der Waals surface area contributed by atoms with E-state index in [4.69, 9.17) is 0 Å². The minimum atomic E-state index is 0.750. The van der Waals surface area contributed by atoms with Crippen molar-refractivity contribution in [2.45, 2.75) is 32.6 Å². The van der Waals surface area contributed by atoms with Gasteiger partial charge in [0.15, 0.2) is 0 Å². The maximum absolute atomic E-state index is 3.46. The van der Waals surface area contributed by atoms with E-state index in [1.54, 1.807) is 0 Å². The lowest BCUT2D eigenvalue weighted by Gasteiger charge is -2.08. The van der Waals surface area contributed by atoms with E-state index in [-0.39, 0.29) is 0 Å². The first-order chi connectivity index (χ1) is 6.31. The van der Waals surface area contributed by atoms with Gasteiger partial charge in [-0.25, -0.2) is 0 Å². The maximum atomic E-state index is 3.46. The Hall–Kier alpha value is -0.980. The molecule has 0 aliphatic carbocycles. The monoisotopic (exact) mass is 175 g/mol. The SMILES string of the molecule is CCC[C@@H]1CNc2ccc(C)cc21. The quantitative estimate of drug-likeness (QED) is 0.727. The van der Waals surface area contributed by atoms with Crippen molar-refractivity contribution >= 4 is 5.69 Å². The number of fused-ring (bicyclic) bond motifs is 1. The standard InChI is InChI=1S/C12H17N/c1-3-4-10-8-13-12-6-5-9(2)7-11(10)12/h5-7,10,13H,3-4,8H2,1-2H3/t10-/m1/s1. The van der Waals surface area contributed by atoms with E-state index in [9.17, 15) is 0 Å². The molecule has 0 unspecified atom stereocenters. The number of hydrogen-bond acceptors (Lipinski definition) is 1. The second-order valence-corrected chi connectivity index (χ2v) is 3.96. The van der Waals surface area contributed by atoms with Crippen LogP contribution in [0.2, 0.25) is 0 Å². The van der Waals surface area contributed by atoms with Gasteiger partial charge in [0.25, 0.3) is 0 Å². The summed E-state index contributed by atoms with van der Waals surface area (Å²) in [6.45, 7) is 5.56. The predicted molar refractivity (Wildman–Crippen MR) is 57.3 cm³/mol. The van der Waals surface area contributed by atoms with E-state index in [1.165, 1.54) is 29.7 Å². The molecule has 1 aromatic carbocycles. The average Bonchev–Trinajstić information content (AvgIpc) is 2.49. The number of aryl methyl sites for hydroxylation is 1. The van der Waals surface area contributed by atoms with Crippen LogP contribution in [0.4, 0.5) is 5.69 Å². The Labute approximate surface area is 80.2 Å². The van der Waals surface area contributed by atoms with E-state index in [2.05, 4.69) is 37.4 Å². The van der Waals surface area contributed by atoms with Crippen molar-refractivity contribution in [2.24, 2.45) is 0 Å². The lowest BCUT2D eigenvalue weighted by atomic mass is 9.95. The first kappa shape index (κ1) is 8.61. The van der Waals surface area contributed by atoms with E-state index in [0.29, 0.717) is 0 Å². The number of benzene rings is 1. The van der Waals surface area contributed by atoms with Crippen molar-refractivity contribution in [3.05, 3.63) is 29.3 Å². The van der Waals surface area contributed by atoms with Crippen LogP contribution >= 0.6 is 0 Å². The van der Waals surface area contributed by atoms with Crippen LogP contribution in [0.1, 0.15) is 36.8 Å². The molecule has 0 bridgehead atoms. The lowest BCUT2D eigenvalue weighted by Crippen LogP contribution is -2.00. The Morgan fingerprint density at radius 3 is 3.08 bits per heavy atom. The zero-order valence-corrected chi connectivity index (χ0v) is 8.43. The molecule has 0 spiro atoms. The third-order valence-electron chi connectivity index (χ3n) is 2.82. The number of hydrogen-bond donors (Lipinski definition) is 1. The van der Waals surface area contributed by atoms with Crippen molar-refractivity contribution in [2.75, 3.05) is 11.9 Å². The molecule has 0 aromatic heterocycles. The number of anilines is 1. The van der Waals surface area contributed by atoms with Gasteiger partial charge in [0.1, 0.15) is 0 Å². The summed E-state index contributed by atoms with van der Waals surface area (Å²) in [5, 5.41) is 3.46. The highest BCUT2D eigenvalue weighted by atomic mass is 14.9. The fraction of sp³-hybridized carbons (Fsp3) is 0.500. The molecule has 70 valence electrons. The third kappa shape index (κ3) is 1.55. The Kier molecular flexibility index (Phi) is 2.26. The molecule has 0 saturated heterocycles. The molecule has 0 amide bonds. The van der Waals surface area contributed by atoms with Crippen molar-refractivity contribution in [1.29, 1.82) is 0 Å². The first-order valence-electron chi connectivity index (χ1n) is 5.15. The predicted octanol–water partition coefficient (Wildman–Crippen LogP) is 3.30. The first-order valence-corrected chi connectivity index (χ1v) is 5.15. The van der Waals surface area contributed by atoms with Crippen LogP contribution in [-0.4, -0.2) is 6.54 Å².